The number of anilines is 1. The van der Waals surface area contributed by atoms with Crippen LogP contribution in [-0.4, -0.2) is 13.0 Å². The van der Waals surface area contributed by atoms with Crippen LogP contribution in [0.25, 0.3) is 0 Å². The van der Waals surface area contributed by atoms with E-state index in [1.807, 2.05) is 24.3 Å². The lowest BCUT2D eigenvalue weighted by Crippen LogP contribution is -2.27. The van der Waals surface area contributed by atoms with Crippen LogP contribution in [0.4, 0.5) is 10.1 Å². The minimum absolute atomic E-state index is 0.102. The van der Waals surface area contributed by atoms with Crippen molar-refractivity contribution in [3.05, 3.63) is 58.3 Å². The first kappa shape index (κ1) is 15.0. The maximum atomic E-state index is 13.7. The van der Waals surface area contributed by atoms with Gasteiger partial charge in [0, 0.05) is 16.2 Å². The molecule has 0 atom stereocenters. The van der Waals surface area contributed by atoms with Crippen molar-refractivity contribution in [2.45, 2.75) is 18.3 Å². The fourth-order valence-corrected chi connectivity index (χ4v) is 2.95. The highest BCUT2D eigenvalue weighted by molar-refractivity contribution is 9.10. The summed E-state index contributed by atoms with van der Waals surface area (Å²) in [7, 11) is 1.41. The van der Waals surface area contributed by atoms with E-state index in [1.165, 1.54) is 19.2 Å². The summed E-state index contributed by atoms with van der Waals surface area (Å²) in [6.45, 7) is 0. The lowest BCUT2D eigenvalue weighted by atomic mass is 9.95. The average molecular weight is 364 g/mol. The molecule has 1 aliphatic rings. The number of rotatable bonds is 4. The molecule has 0 radical (unpaired) electrons. The Morgan fingerprint density at radius 2 is 2.05 bits per heavy atom. The van der Waals surface area contributed by atoms with Crippen LogP contribution in [-0.2, 0) is 10.2 Å². The van der Waals surface area contributed by atoms with E-state index in [9.17, 15) is 9.18 Å². The van der Waals surface area contributed by atoms with Gasteiger partial charge in [-0.15, -0.1) is 0 Å². The van der Waals surface area contributed by atoms with E-state index in [2.05, 4.69) is 21.2 Å². The van der Waals surface area contributed by atoms with Crippen molar-refractivity contribution in [1.82, 2.24) is 0 Å². The summed E-state index contributed by atoms with van der Waals surface area (Å²) in [4.78, 5) is 12.6. The smallest absolute Gasteiger partial charge is 0.235 e. The first-order valence-electron chi connectivity index (χ1n) is 6.96. The minimum Gasteiger partial charge on any atom is -0.494 e. The van der Waals surface area contributed by atoms with Crippen LogP contribution in [0, 0.1) is 5.82 Å². The van der Waals surface area contributed by atoms with Crippen molar-refractivity contribution in [3.8, 4) is 5.75 Å². The van der Waals surface area contributed by atoms with E-state index < -0.39 is 11.2 Å². The Kier molecular flexibility index (Phi) is 3.91. The molecule has 22 heavy (non-hydrogen) atoms. The van der Waals surface area contributed by atoms with Gasteiger partial charge < -0.3 is 10.1 Å². The van der Waals surface area contributed by atoms with Gasteiger partial charge in [-0.1, -0.05) is 28.1 Å². The van der Waals surface area contributed by atoms with Gasteiger partial charge in [-0.05, 0) is 42.7 Å². The summed E-state index contributed by atoms with van der Waals surface area (Å²) >= 11 is 3.43. The standard InChI is InChI=1S/C17H15BrFNO2/c1-22-15-6-5-13(10-14(15)19)20-16(21)17(7-8-17)11-3-2-4-12(18)9-11/h2-6,9-10H,7-8H2,1H3,(H,20,21). The van der Waals surface area contributed by atoms with Crippen molar-refractivity contribution < 1.29 is 13.9 Å². The molecule has 114 valence electrons. The molecule has 5 heteroatoms. The predicted octanol–water partition coefficient (Wildman–Crippen LogP) is 4.27. The molecule has 0 heterocycles. The number of ether oxygens (including phenoxy) is 1. The molecule has 3 rings (SSSR count). The summed E-state index contributed by atoms with van der Waals surface area (Å²) < 4.78 is 19.5. The molecule has 1 amide bonds. The van der Waals surface area contributed by atoms with Gasteiger partial charge in [0.05, 0.1) is 12.5 Å². The predicted molar refractivity (Wildman–Crippen MR) is 86.6 cm³/mol. The molecule has 1 N–H and O–H groups in total. The van der Waals surface area contributed by atoms with Gasteiger partial charge >= 0.3 is 0 Å². The van der Waals surface area contributed by atoms with Gasteiger partial charge in [0.2, 0.25) is 5.91 Å². The number of amides is 1. The number of nitrogens with one attached hydrogen (secondary N) is 1. The second kappa shape index (κ2) is 5.72. The second-order valence-corrected chi connectivity index (χ2v) is 6.31. The lowest BCUT2D eigenvalue weighted by molar-refractivity contribution is -0.118. The Bertz CT molecular complexity index is 728. The Labute approximate surface area is 136 Å². The molecule has 1 fully saturated rings. The number of halogens is 2. The van der Waals surface area contributed by atoms with Gasteiger partial charge in [0.25, 0.3) is 0 Å². The summed E-state index contributed by atoms with van der Waals surface area (Å²) in [6, 6.07) is 12.2. The maximum absolute atomic E-state index is 13.7. The van der Waals surface area contributed by atoms with Gasteiger partial charge in [0.1, 0.15) is 0 Å². The third-order valence-corrected chi connectivity index (χ3v) is 4.46. The highest BCUT2D eigenvalue weighted by Crippen LogP contribution is 2.49. The Morgan fingerprint density at radius 1 is 1.27 bits per heavy atom. The summed E-state index contributed by atoms with van der Waals surface area (Å²) in [6.07, 6.45) is 1.60. The van der Waals surface area contributed by atoms with Gasteiger partial charge in [-0.2, -0.15) is 0 Å². The van der Waals surface area contributed by atoms with Crippen LogP contribution >= 0.6 is 15.9 Å². The molecule has 0 spiro atoms. The third kappa shape index (κ3) is 2.73. The Morgan fingerprint density at radius 3 is 2.64 bits per heavy atom. The minimum atomic E-state index is -0.500. The molecule has 0 aliphatic heterocycles. The molecule has 2 aromatic carbocycles. The van der Waals surface area contributed by atoms with Crippen LogP contribution in [0.1, 0.15) is 18.4 Å². The second-order valence-electron chi connectivity index (χ2n) is 5.40. The summed E-state index contributed by atoms with van der Waals surface area (Å²) in [5, 5.41) is 2.80. The fraction of sp³-hybridized carbons (Fsp3) is 0.235. The molecule has 0 bridgehead atoms. The fourth-order valence-electron chi connectivity index (χ4n) is 2.55. The van der Waals surface area contributed by atoms with Crippen molar-refractivity contribution in [2.75, 3.05) is 12.4 Å². The number of hydrogen-bond donors (Lipinski definition) is 1. The van der Waals surface area contributed by atoms with Crippen molar-refractivity contribution >= 4 is 27.5 Å². The number of methoxy groups -OCH3 is 1. The molecule has 3 nitrogen and oxygen atoms in total. The van der Waals surface area contributed by atoms with E-state index in [-0.39, 0.29) is 11.7 Å². The van der Waals surface area contributed by atoms with E-state index in [0.29, 0.717) is 5.69 Å². The Hall–Kier alpha value is -1.88. The monoisotopic (exact) mass is 363 g/mol. The molecule has 1 saturated carbocycles. The van der Waals surface area contributed by atoms with E-state index in [1.54, 1.807) is 6.07 Å². The van der Waals surface area contributed by atoms with Crippen LogP contribution in [0.15, 0.2) is 46.9 Å². The molecule has 2 aromatic rings. The largest absolute Gasteiger partial charge is 0.494 e. The van der Waals surface area contributed by atoms with Crippen molar-refractivity contribution in [1.29, 1.82) is 0 Å². The number of carbonyl (C=O) groups excluding carboxylic acids is 1. The zero-order valence-electron chi connectivity index (χ0n) is 12.0. The molecule has 0 saturated heterocycles. The van der Waals surface area contributed by atoms with Crippen molar-refractivity contribution in [2.24, 2.45) is 0 Å². The molecule has 0 aromatic heterocycles. The molecular weight excluding hydrogens is 349 g/mol. The first-order valence-corrected chi connectivity index (χ1v) is 7.75. The zero-order valence-corrected chi connectivity index (χ0v) is 13.6. The van der Waals surface area contributed by atoms with Gasteiger partial charge in [-0.3, -0.25) is 4.79 Å². The zero-order chi connectivity index (χ0) is 15.7. The Balaban J connectivity index is 1.81. The highest BCUT2D eigenvalue weighted by Gasteiger charge is 2.51. The number of hydrogen-bond acceptors (Lipinski definition) is 2. The first-order chi connectivity index (χ1) is 10.5. The summed E-state index contributed by atoms with van der Waals surface area (Å²) in [5.41, 5.74) is 0.915. The SMILES string of the molecule is COc1ccc(NC(=O)C2(c3cccc(Br)c3)CC2)cc1F. The molecule has 1 aliphatic carbocycles. The summed E-state index contributed by atoms with van der Waals surface area (Å²) in [5.74, 6) is -0.436. The van der Waals surface area contributed by atoms with Crippen LogP contribution in [0.5, 0.6) is 5.75 Å². The van der Waals surface area contributed by atoms with E-state index in [0.717, 1.165) is 22.9 Å². The number of benzene rings is 2. The van der Waals surface area contributed by atoms with Gasteiger partial charge in [-0.25, -0.2) is 4.39 Å². The quantitative estimate of drug-likeness (QED) is 0.880. The molecular formula is C17H15BrFNO2. The maximum Gasteiger partial charge on any atom is 0.235 e. The lowest BCUT2D eigenvalue weighted by Gasteiger charge is -2.16. The molecule has 0 unspecified atom stereocenters. The van der Waals surface area contributed by atoms with E-state index in [4.69, 9.17) is 4.74 Å². The number of carbonyl (C=O) groups is 1. The highest BCUT2D eigenvalue weighted by atomic mass is 79.9. The third-order valence-electron chi connectivity index (χ3n) is 3.97. The normalized spacial score (nSPS) is 15.2. The van der Waals surface area contributed by atoms with Gasteiger partial charge in [0.15, 0.2) is 11.6 Å². The van der Waals surface area contributed by atoms with Crippen LogP contribution in [0.2, 0.25) is 0 Å². The van der Waals surface area contributed by atoms with Crippen molar-refractivity contribution in [3.63, 3.8) is 0 Å². The average Bonchev–Trinajstić information content (AvgIpc) is 3.29. The van der Waals surface area contributed by atoms with Crippen LogP contribution in [0.3, 0.4) is 0 Å². The topological polar surface area (TPSA) is 38.3 Å². The van der Waals surface area contributed by atoms with E-state index >= 15 is 0 Å². The van der Waals surface area contributed by atoms with Crippen LogP contribution < -0.4 is 10.1 Å².